The molecule has 3 nitrogen and oxygen atoms in total. The highest BCUT2D eigenvalue weighted by Gasteiger charge is 2.10. The average molecular weight is 269 g/mol. The maximum atomic E-state index is 11.9. The molecule has 0 spiro atoms. The minimum atomic E-state index is -0.117. The predicted octanol–water partition coefficient (Wildman–Crippen LogP) is 3.87. The van der Waals surface area contributed by atoms with E-state index in [-0.39, 0.29) is 11.9 Å². The van der Waals surface area contributed by atoms with Crippen LogP contribution in [0.2, 0.25) is 0 Å². The van der Waals surface area contributed by atoms with Gasteiger partial charge in [0.05, 0.1) is 12.3 Å². The number of aryl methyl sites for hydroxylation is 1. The van der Waals surface area contributed by atoms with Crippen molar-refractivity contribution < 1.29 is 9.21 Å². The highest BCUT2D eigenvalue weighted by molar-refractivity contribution is 5.91. The number of carbonyl (C=O) groups is 1. The third kappa shape index (κ3) is 3.85. The Labute approximate surface area is 119 Å². The summed E-state index contributed by atoms with van der Waals surface area (Å²) in [5, 5.41) is 3.00. The fraction of sp³-hybridized carbons (Fsp3) is 0.235. The highest BCUT2D eigenvalue weighted by atomic mass is 16.3. The first kappa shape index (κ1) is 14.1. The molecule has 0 aliphatic heterocycles. The number of carbonyl (C=O) groups excluding carboxylic acids is 1. The van der Waals surface area contributed by atoms with E-state index >= 15 is 0 Å². The molecule has 104 valence electrons. The molecule has 0 bridgehead atoms. The summed E-state index contributed by atoms with van der Waals surface area (Å²) in [4.78, 5) is 11.9. The fourth-order valence-electron chi connectivity index (χ4n) is 1.98. The second-order valence-electron chi connectivity index (χ2n) is 4.73. The maximum absolute atomic E-state index is 11.9. The van der Waals surface area contributed by atoms with Gasteiger partial charge in [0, 0.05) is 6.08 Å². The lowest BCUT2D eigenvalue weighted by Gasteiger charge is -2.16. The lowest BCUT2D eigenvalue weighted by molar-refractivity contribution is -0.117. The van der Waals surface area contributed by atoms with Crippen molar-refractivity contribution in [3.05, 3.63) is 65.6 Å². The Kier molecular flexibility index (Phi) is 4.77. The van der Waals surface area contributed by atoms with E-state index in [0.717, 1.165) is 12.0 Å². The molecule has 1 N–H and O–H groups in total. The number of nitrogens with one attached hydrogen (secondary N) is 1. The van der Waals surface area contributed by atoms with Gasteiger partial charge in [-0.1, -0.05) is 36.8 Å². The Hall–Kier alpha value is -2.29. The van der Waals surface area contributed by atoms with E-state index in [4.69, 9.17) is 4.42 Å². The number of rotatable bonds is 5. The van der Waals surface area contributed by atoms with Crippen LogP contribution in [0.15, 0.2) is 53.2 Å². The SMILES string of the molecule is CC[C@H](NC(=O)/C=C/c1ccco1)c1ccc(C)cc1. The van der Waals surface area contributed by atoms with Crippen molar-refractivity contribution in [2.75, 3.05) is 0 Å². The van der Waals surface area contributed by atoms with E-state index in [0.29, 0.717) is 5.76 Å². The lowest BCUT2D eigenvalue weighted by atomic mass is 10.0. The summed E-state index contributed by atoms with van der Waals surface area (Å²) in [6, 6.07) is 11.9. The number of furan rings is 1. The number of hydrogen-bond acceptors (Lipinski definition) is 2. The molecule has 1 aromatic carbocycles. The Morgan fingerprint density at radius 1 is 1.30 bits per heavy atom. The Balaban J connectivity index is 1.99. The molecular formula is C17H19NO2. The smallest absolute Gasteiger partial charge is 0.244 e. The molecule has 0 aliphatic carbocycles. The summed E-state index contributed by atoms with van der Waals surface area (Å²) in [5.41, 5.74) is 2.34. The van der Waals surface area contributed by atoms with Crippen molar-refractivity contribution in [3.8, 4) is 0 Å². The van der Waals surface area contributed by atoms with Crippen molar-refractivity contribution in [2.24, 2.45) is 0 Å². The minimum absolute atomic E-state index is 0.0318. The van der Waals surface area contributed by atoms with Crippen molar-refractivity contribution in [1.82, 2.24) is 5.32 Å². The summed E-state index contributed by atoms with van der Waals surface area (Å²) in [6.07, 6.45) is 5.59. The summed E-state index contributed by atoms with van der Waals surface area (Å²) in [6.45, 7) is 4.11. The molecule has 1 heterocycles. The van der Waals surface area contributed by atoms with Crippen molar-refractivity contribution in [3.63, 3.8) is 0 Å². The number of benzene rings is 1. The summed E-state index contributed by atoms with van der Waals surface area (Å²) in [7, 11) is 0. The monoisotopic (exact) mass is 269 g/mol. The van der Waals surface area contributed by atoms with Crippen molar-refractivity contribution in [1.29, 1.82) is 0 Å². The van der Waals surface area contributed by atoms with Crippen LogP contribution in [0.1, 0.15) is 36.3 Å². The van der Waals surface area contributed by atoms with Crippen molar-refractivity contribution in [2.45, 2.75) is 26.3 Å². The zero-order valence-electron chi connectivity index (χ0n) is 11.8. The van der Waals surface area contributed by atoms with Gasteiger partial charge in [0.2, 0.25) is 5.91 Å². The first-order valence-corrected chi connectivity index (χ1v) is 6.77. The molecule has 20 heavy (non-hydrogen) atoms. The first-order valence-electron chi connectivity index (χ1n) is 6.77. The van der Waals surface area contributed by atoms with Gasteiger partial charge in [0.15, 0.2) is 0 Å². The van der Waals surface area contributed by atoms with Crippen LogP contribution in [0.3, 0.4) is 0 Å². The first-order chi connectivity index (χ1) is 9.69. The molecule has 1 aromatic heterocycles. The zero-order chi connectivity index (χ0) is 14.4. The Morgan fingerprint density at radius 2 is 2.05 bits per heavy atom. The summed E-state index contributed by atoms with van der Waals surface area (Å²) < 4.78 is 5.15. The Bertz CT molecular complexity index is 568. The van der Waals surface area contributed by atoms with E-state index < -0.39 is 0 Å². The molecule has 2 rings (SSSR count). The summed E-state index contributed by atoms with van der Waals surface area (Å²) in [5.74, 6) is 0.553. The van der Waals surface area contributed by atoms with Gasteiger partial charge in [-0.15, -0.1) is 0 Å². The number of hydrogen-bond donors (Lipinski definition) is 1. The third-order valence-corrected chi connectivity index (χ3v) is 3.15. The van der Waals surface area contributed by atoms with Gasteiger partial charge in [-0.05, 0) is 37.1 Å². The van der Waals surface area contributed by atoms with E-state index in [1.54, 1.807) is 24.5 Å². The van der Waals surface area contributed by atoms with Gasteiger partial charge >= 0.3 is 0 Å². The third-order valence-electron chi connectivity index (χ3n) is 3.15. The van der Waals surface area contributed by atoms with Crippen LogP contribution in [0, 0.1) is 6.92 Å². The van der Waals surface area contributed by atoms with Crippen LogP contribution < -0.4 is 5.32 Å². The molecule has 3 heteroatoms. The Morgan fingerprint density at radius 3 is 2.65 bits per heavy atom. The zero-order valence-corrected chi connectivity index (χ0v) is 11.8. The highest BCUT2D eigenvalue weighted by Crippen LogP contribution is 2.17. The lowest BCUT2D eigenvalue weighted by Crippen LogP contribution is -2.26. The van der Waals surface area contributed by atoms with Crippen LogP contribution in [0.25, 0.3) is 6.08 Å². The van der Waals surface area contributed by atoms with Gasteiger partial charge in [-0.25, -0.2) is 0 Å². The normalized spacial score (nSPS) is 12.5. The van der Waals surface area contributed by atoms with Gasteiger partial charge in [-0.2, -0.15) is 0 Å². The molecule has 0 fully saturated rings. The van der Waals surface area contributed by atoms with E-state index in [2.05, 4.69) is 43.4 Å². The fourth-order valence-corrected chi connectivity index (χ4v) is 1.98. The average Bonchev–Trinajstić information content (AvgIpc) is 2.97. The molecular weight excluding hydrogens is 250 g/mol. The standard InChI is InChI=1S/C17H19NO2/c1-3-16(14-8-6-13(2)7-9-14)18-17(19)11-10-15-5-4-12-20-15/h4-12,16H,3H2,1-2H3,(H,18,19)/b11-10+/t16-/m0/s1. The molecule has 0 saturated heterocycles. The van der Waals surface area contributed by atoms with Crippen LogP contribution in [0.5, 0.6) is 0 Å². The van der Waals surface area contributed by atoms with E-state index in [1.165, 1.54) is 11.6 Å². The van der Waals surface area contributed by atoms with Crippen LogP contribution in [0.4, 0.5) is 0 Å². The maximum Gasteiger partial charge on any atom is 0.244 e. The van der Waals surface area contributed by atoms with Crippen molar-refractivity contribution >= 4 is 12.0 Å². The molecule has 0 unspecified atom stereocenters. The van der Waals surface area contributed by atoms with Crippen LogP contribution >= 0.6 is 0 Å². The summed E-state index contributed by atoms with van der Waals surface area (Å²) >= 11 is 0. The second-order valence-corrected chi connectivity index (χ2v) is 4.73. The van der Waals surface area contributed by atoms with Gasteiger partial charge < -0.3 is 9.73 Å². The predicted molar refractivity (Wildman–Crippen MR) is 80.1 cm³/mol. The van der Waals surface area contributed by atoms with E-state index in [1.807, 2.05) is 0 Å². The second kappa shape index (κ2) is 6.75. The molecule has 2 aromatic rings. The largest absolute Gasteiger partial charge is 0.465 e. The topological polar surface area (TPSA) is 42.2 Å². The van der Waals surface area contributed by atoms with Gasteiger partial charge in [-0.3, -0.25) is 4.79 Å². The molecule has 1 amide bonds. The van der Waals surface area contributed by atoms with Gasteiger partial charge in [0.25, 0.3) is 0 Å². The molecule has 1 atom stereocenters. The quantitative estimate of drug-likeness (QED) is 0.837. The van der Waals surface area contributed by atoms with Crippen LogP contribution in [-0.2, 0) is 4.79 Å². The molecule has 0 aliphatic rings. The van der Waals surface area contributed by atoms with E-state index in [9.17, 15) is 4.79 Å². The van der Waals surface area contributed by atoms with Gasteiger partial charge in [0.1, 0.15) is 5.76 Å². The molecule has 0 saturated carbocycles. The minimum Gasteiger partial charge on any atom is -0.465 e. The van der Waals surface area contributed by atoms with Crippen LogP contribution in [-0.4, -0.2) is 5.91 Å². The molecule has 0 radical (unpaired) electrons. The number of amides is 1.